The van der Waals surface area contributed by atoms with E-state index in [0.717, 1.165) is 12.8 Å². The Morgan fingerprint density at radius 1 is 1.22 bits per heavy atom. The summed E-state index contributed by atoms with van der Waals surface area (Å²) in [5.41, 5.74) is -0.170. The van der Waals surface area contributed by atoms with Gasteiger partial charge < -0.3 is 15.1 Å². The lowest BCUT2D eigenvalue weighted by Crippen LogP contribution is -2.51. The fraction of sp³-hybridized carbons (Fsp3) is 0.579. The number of piperidine rings is 1. The van der Waals surface area contributed by atoms with Crippen molar-refractivity contribution in [3.63, 3.8) is 0 Å². The van der Waals surface area contributed by atoms with Gasteiger partial charge in [-0.15, -0.1) is 0 Å². The summed E-state index contributed by atoms with van der Waals surface area (Å²) in [6.45, 7) is 3.57. The highest BCUT2D eigenvalue weighted by Gasteiger charge is 2.56. The van der Waals surface area contributed by atoms with E-state index in [1.165, 1.54) is 18.7 Å². The lowest BCUT2D eigenvalue weighted by atomic mass is 9.88. The monoisotopic (exact) mass is 383 g/mol. The van der Waals surface area contributed by atoms with Gasteiger partial charge in [0.15, 0.2) is 0 Å². The second-order valence-corrected chi connectivity index (χ2v) is 7.67. The minimum atomic E-state index is -4.34. The van der Waals surface area contributed by atoms with Gasteiger partial charge in [-0.1, -0.05) is 6.07 Å². The van der Waals surface area contributed by atoms with Gasteiger partial charge in [-0.05, 0) is 51.3 Å². The van der Waals surface area contributed by atoms with E-state index in [9.17, 15) is 22.8 Å². The molecule has 27 heavy (non-hydrogen) atoms. The Hall–Kier alpha value is -2.25. The number of anilines is 2. The minimum absolute atomic E-state index is 0.0402. The molecule has 2 saturated heterocycles. The fourth-order valence-electron chi connectivity index (χ4n) is 4.04. The summed E-state index contributed by atoms with van der Waals surface area (Å²) in [6.07, 6.45) is -2.16. The van der Waals surface area contributed by atoms with Crippen LogP contribution in [0, 0.1) is 5.92 Å². The van der Waals surface area contributed by atoms with E-state index in [4.69, 9.17) is 0 Å². The SMILES string of the molecule is CC1(C)[C@H](C(F)(F)F)CCN1C(=O)Nc1cccc(N2CCCCC2=O)c1. The van der Waals surface area contributed by atoms with Crippen LogP contribution in [-0.2, 0) is 4.79 Å². The highest BCUT2D eigenvalue weighted by molar-refractivity contribution is 5.96. The van der Waals surface area contributed by atoms with Crippen molar-refractivity contribution < 1.29 is 22.8 Å². The molecule has 3 amide bonds. The molecule has 0 bridgehead atoms. The predicted octanol–water partition coefficient (Wildman–Crippen LogP) is 4.40. The third-order valence-corrected chi connectivity index (χ3v) is 5.56. The first-order valence-electron chi connectivity index (χ1n) is 9.16. The molecule has 0 unspecified atom stereocenters. The number of alkyl halides is 3. The highest BCUT2D eigenvalue weighted by Crippen LogP contribution is 2.44. The lowest BCUT2D eigenvalue weighted by Gasteiger charge is -2.36. The van der Waals surface area contributed by atoms with Crippen LogP contribution in [0.25, 0.3) is 0 Å². The highest BCUT2D eigenvalue weighted by atomic mass is 19.4. The number of urea groups is 1. The zero-order chi connectivity index (χ0) is 19.8. The van der Waals surface area contributed by atoms with Crippen LogP contribution in [0.15, 0.2) is 24.3 Å². The summed E-state index contributed by atoms with van der Waals surface area (Å²) < 4.78 is 39.7. The van der Waals surface area contributed by atoms with Gasteiger partial charge in [0.05, 0.1) is 11.5 Å². The van der Waals surface area contributed by atoms with E-state index in [0.29, 0.717) is 24.3 Å². The molecule has 5 nitrogen and oxygen atoms in total. The van der Waals surface area contributed by atoms with Crippen molar-refractivity contribution >= 4 is 23.3 Å². The molecular weight excluding hydrogens is 359 g/mol. The van der Waals surface area contributed by atoms with Gasteiger partial charge in [-0.2, -0.15) is 13.2 Å². The molecule has 2 aliphatic rings. The molecule has 1 atom stereocenters. The number of amides is 3. The number of benzene rings is 1. The molecule has 0 aromatic heterocycles. The first-order valence-corrected chi connectivity index (χ1v) is 9.16. The average Bonchev–Trinajstić information content (AvgIpc) is 2.90. The Morgan fingerprint density at radius 3 is 2.59 bits per heavy atom. The van der Waals surface area contributed by atoms with Crippen LogP contribution in [0.5, 0.6) is 0 Å². The summed E-state index contributed by atoms with van der Waals surface area (Å²) >= 11 is 0. The van der Waals surface area contributed by atoms with Crippen LogP contribution < -0.4 is 10.2 Å². The Bertz CT molecular complexity index is 733. The third-order valence-electron chi connectivity index (χ3n) is 5.56. The number of hydrogen-bond donors (Lipinski definition) is 1. The molecule has 1 N–H and O–H groups in total. The molecule has 3 rings (SSSR count). The third kappa shape index (κ3) is 3.89. The summed E-state index contributed by atoms with van der Waals surface area (Å²) in [4.78, 5) is 27.6. The van der Waals surface area contributed by atoms with E-state index in [1.54, 1.807) is 29.2 Å². The molecule has 8 heteroatoms. The van der Waals surface area contributed by atoms with Crippen LogP contribution in [0.3, 0.4) is 0 Å². The minimum Gasteiger partial charge on any atom is -0.319 e. The number of nitrogens with one attached hydrogen (secondary N) is 1. The van der Waals surface area contributed by atoms with Crippen molar-refractivity contribution in [2.75, 3.05) is 23.3 Å². The van der Waals surface area contributed by atoms with Gasteiger partial charge in [0.2, 0.25) is 5.91 Å². The van der Waals surface area contributed by atoms with Crippen LogP contribution in [-0.4, -0.2) is 41.6 Å². The predicted molar refractivity (Wildman–Crippen MR) is 96.6 cm³/mol. The van der Waals surface area contributed by atoms with Gasteiger partial charge in [-0.25, -0.2) is 4.79 Å². The van der Waals surface area contributed by atoms with Crippen LogP contribution in [0.2, 0.25) is 0 Å². The van der Waals surface area contributed by atoms with Gasteiger partial charge in [0, 0.05) is 30.9 Å². The summed E-state index contributed by atoms with van der Waals surface area (Å²) in [6, 6.07) is 6.30. The largest absolute Gasteiger partial charge is 0.394 e. The molecule has 0 spiro atoms. The van der Waals surface area contributed by atoms with Gasteiger partial charge in [0.25, 0.3) is 0 Å². The van der Waals surface area contributed by atoms with Gasteiger partial charge >= 0.3 is 12.2 Å². The van der Waals surface area contributed by atoms with E-state index in [-0.39, 0.29) is 18.9 Å². The Balaban J connectivity index is 1.73. The summed E-state index contributed by atoms with van der Waals surface area (Å²) in [7, 11) is 0. The second-order valence-electron chi connectivity index (χ2n) is 7.67. The van der Waals surface area contributed by atoms with Crippen molar-refractivity contribution in [1.82, 2.24) is 4.90 Å². The fourth-order valence-corrected chi connectivity index (χ4v) is 4.04. The topological polar surface area (TPSA) is 52.7 Å². The van der Waals surface area contributed by atoms with Crippen molar-refractivity contribution in [3.05, 3.63) is 24.3 Å². The molecule has 2 heterocycles. The molecule has 1 aromatic carbocycles. The van der Waals surface area contributed by atoms with Crippen molar-refractivity contribution in [1.29, 1.82) is 0 Å². The van der Waals surface area contributed by atoms with E-state index < -0.39 is 23.7 Å². The van der Waals surface area contributed by atoms with Crippen molar-refractivity contribution in [2.45, 2.75) is 51.2 Å². The average molecular weight is 383 g/mol. The van der Waals surface area contributed by atoms with Crippen LogP contribution in [0.4, 0.5) is 29.3 Å². The van der Waals surface area contributed by atoms with Crippen LogP contribution >= 0.6 is 0 Å². The molecule has 2 fully saturated rings. The number of hydrogen-bond acceptors (Lipinski definition) is 2. The summed E-state index contributed by atoms with van der Waals surface area (Å²) in [5, 5.41) is 2.69. The number of carbonyl (C=O) groups excluding carboxylic acids is 2. The zero-order valence-electron chi connectivity index (χ0n) is 15.5. The maximum atomic E-state index is 13.2. The zero-order valence-corrected chi connectivity index (χ0v) is 15.5. The number of rotatable bonds is 2. The van der Waals surface area contributed by atoms with Crippen molar-refractivity contribution in [2.24, 2.45) is 5.92 Å². The van der Waals surface area contributed by atoms with Gasteiger partial charge in [-0.3, -0.25) is 4.79 Å². The molecule has 148 valence electrons. The maximum Gasteiger partial charge on any atom is 0.394 e. The smallest absolute Gasteiger partial charge is 0.319 e. The molecule has 0 radical (unpaired) electrons. The van der Waals surface area contributed by atoms with Crippen molar-refractivity contribution in [3.8, 4) is 0 Å². The molecule has 0 aliphatic carbocycles. The van der Waals surface area contributed by atoms with Gasteiger partial charge in [0.1, 0.15) is 0 Å². The first kappa shape index (κ1) is 19.5. The Labute approximate surface area is 156 Å². The molecule has 2 aliphatic heterocycles. The Morgan fingerprint density at radius 2 is 1.96 bits per heavy atom. The normalized spacial score (nSPS) is 22.9. The van der Waals surface area contributed by atoms with E-state index >= 15 is 0 Å². The molecular formula is C19H24F3N3O2. The van der Waals surface area contributed by atoms with Crippen LogP contribution in [0.1, 0.15) is 39.5 Å². The Kier molecular flexibility index (Phi) is 5.10. The summed E-state index contributed by atoms with van der Waals surface area (Å²) in [5.74, 6) is -1.51. The quantitative estimate of drug-likeness (QED) is 0.823. The molecule has 0 saturated carbocycles. The first-order chi connectivity index (χ1) is 12.6. The van der Waals surface area contributed by atoms with E-state index in [2.05, 4.69) is 5.32 Å². The number of likely N-dealkylation sites (tertiary alicyclic amines) is 1. The number of halogens is 3. The number of carbonyl (C=O) groups is 2. The second kappa shape index (κ2) is 7.05. The lowest BCUT2D eigenvalue weighted by molar-refractivity contribution is -0.189. The van der Waals surface area contributed by atoms with E-state index in [1.807, 2.05) is 0 Å². The number of nitrogens with zero attached hydrogens (tertiary/aromatic N) is 2. The maximum absolute atomic E-state index is 13.2. The molecule has 1 aromatic rings. The standard InChI is InChI=1S/C19H24F3N3O2/c1-18(2)15(19(20,21)22)9-11-25(18)17(27)23-13-6-5-7-14(12-13)24-10-4-3-8-16(24)26/h5-7,12,15H,3-4,8-11H2,1-2H3,(H,23,27)/t15-/m1/s1.